The highest BCUT2D eigenvalue weighted by molar-refractivity contribution is 7.87. The van der Waals surface area contributed by atoms with Crippen molar-refractivity contribution in [3.63, 3.8) is 0 Å². The van der Waals surface area contributed by atoms with Gasteiger partial charge in [-0.25, -0.2) is 9.44 Å². The number of methoxy groups -OCH3 is 1. The van der Waals surface area contributed by atoms with Gasteiger partial charge in [0.2, 0.25) is 0 Å². The van der Waals surface area contributed by atoms with Crippen LogP contribution >= 0.6 is 0 Å². The molecular weight excluding hydrogens is 458 g/mol. The summed E-state index contributed by atoms with van der Waals surface area (Å²) in [7, 11) is -0.431. The van der Waals surface area contributed by atoms with Crippen LogP contribution in [0.15, 0.2) is 78.9 Å². The van der Waals surface area contributed by atoms with Crippen molar-refractivity contribution < 1.29 is 13.2 Å². The Labute approximate surface area is 209 Å². The minimum atomic E-state index is -3.51. The van der Waals surface area contributed by atoms with Gasteiger partial charge < -0.3 is 10.1 Å². The third kappa shape index (κ3) is 6.49. The van der Waals surface area contributed by atoms with Crippen molar-refractivity contribution in [2.75, 3.05) is 20.7 Å². The third-order valence-corrected chi connectivity index (χ3v) is 8.21. The fraction of sp³-hybridized carbons (Fsp3) is 0.357. The van der Waals surface area contributed by atoms with Crippen LogP contribution in [0.25, 0.3) is 11.1 Å². The number of benzene rings is 3. The van der Waals surface area contributed by atoms with Gasteiger partial charge in [0.25, 0.3) is 10.2 Å². The molecule has 0 radical (unpaired) electrons. The molecule has 1 fully saturated rings. The van der Waals surface area contributed by atoms with Crippen LogP contribution in [0.2, 0.25) is 0 Å². The molecule has 3 aromatic rings. The highest BCUT2D eigenvalue weighted by Gasteiger charge is 2.37. The van der Waals surface area contributed by atoms with Crippen LogP contribution in [0.3, 0.4) is 0 Å². The number of rotatable bonds is 10. The lowest BCUT2D eigenvalue weighted by atomic mass is 9.68. The highest BCUT2D eigenvalue weighted by Crippen LogP contribution is 2.40. The Balaban J connectivity index is 1.39. The van der Waals surface area contributed by atoms with Gasteiger partial charge in [-0.05, 0) is 60.1 Å². The Kier molecular flexibility index (Phi) is 8.23. The average Bonchev–Trinajstić information content (AvgIpc) is 2.92. The highest BCUT2D eigenvalue weighted by atomic mass is 32.2. The minimum absolute atomic E-state index is 0.270. The summed E-state index contributed by atoms with van der Waals surface area (Å²) in [6.07, 6.45) is 3.72. The van der Waals surface area contributed by atoms with E-state index >= 15 is 0 Å². The van der Waals surface area contributed by atoms with E-state index in [0.717, 1.165) is 43.5 Å². The molecular formula is C28H35N3O3S. The fourth-order valence-electron chi connectivity index (χ4n) is 4.91. The number of ether oxygens (including phenoxy) is 1. The molecule has 1 aliphatic rings. The molecule has 3 aromatic carbocycles. The molecule has 4 rings (SSSR count). The van der Waals surface area contributed by atoms with Crippen LogP contribution in [-0.4, -0.2) is 35.2 Å². The fourth-order valence-corrected chi connectivity index (χ4v) is 5.52. The first-order valence-corrected chi connectivity index (χ1v) is 13.6. The predicted octanol–water partition coefficient (Wildman–Crippen LogP) is 4.39. The van der Waals surface area contributed by atoms with E-state index in [9.17, 15) is 8.42 Å². The monoisotopic (exact) mass is 493 g/mol. The van der Waals surface area contributed by atoms with Gasteiger partial charge in [-0.1, -0.05) is 66.7 Å². The Morgan fingerprint density at radius 2 is 1.60 bits per heavy atom. The summed E-state index contributed by atoms with van der Waals surface area (Å²) in [4.78, 5) is 0. The summed E-state index contributed by atoms with van der Waals surface area (Å²) in [6.45, 7) is 1.18. The molecule has 0 saturated heterocycles. The molecule has 1 aliphatic carbocycles. The second-order valence-corrected chi connectivity index (χ2v) is 11.0. The molecule has 186 valence electrons. The maximum atomic E-state index is 12.1. The van der Waals surface area contributed by atoms with Gasteiger partial charge in [-0.3, -0.25) is 0 Å². The molecule has 3 N–H and O–H groups in total. The van der Waals surface area contributed by atoms with Crippen molar-refractivity contribution in [1.82, 2.24) is 14.8 Å². The quantitative estimate of drug-likeness (QED) is 0.392. The molecule has 0 amide bonds. The number of nitrogens with one attached hydrogen (secondary N) is 3. The lowest BCUT2D eigenvalue weighted by Crippen LogP contribution is -2.48. The van der Waals surface area contributed by atoms with E-state index in [1.165, 1.54) is 23.7 Å². The first-order valence-electron chi connectivity index (χ1n) is 12.1. The van der Waals surface area contributed by atoms with E-state index < -0.39 is 10.2 Å². The van der Waals surface area contributed by atoms with Gasteiger partial charge in [0.1, 0.15) is 5.75 Å². The maximum absolute atomic E-state index is 12.1. The molecule has 35 heavy (non-hydrogen) atoms. The zero-order chi connectivity index (χ0) is 24.7. The third-order valence-electron chi connectivity index (χ3n) is 7.15. The molecule has 1 saturated carbocycles. The summed E-state index contributed by atoms with van der Waals surface area (Å²) < 4.78 is 34.8. The van der Waals surface area contributed by atoms with Gasteiger partial charge in [0, 0.05) is 31.6 Å². The van der Waals surface area contributed by atoms with Crippen LogP contribution in [-0.2, 0) is 22.2 Å². The second kappa shape index (κ2) is 11.4. The van der Waals surface area contributed by atoms with Crippen LogP contribution in [0.1, 0.15) is 36.8 Å². The molecule has 0 bridgehead atoms. The van der Waals surface area contributed by atoms with Crippen molar-refractivity contribution in [3.05, 3.63) is 90.0 Å². The topological polar surface area (TPSA) is 79.5 Å². The van der Waals surface area contributed by atoms with Crippen LogP contribution < -0.4 is 19.5 Å². The summed E-state index contributed by atoms with van der Waals surface area (Å²) in [5.41, 5.74) is 4.55. The lowest BCUT2D eigenvalue weighted by Gasteiger charge is -2.41. The molecule has 0 unspecified atom stereocenters. The summed E-state index contributed by atoms with van der Waals surface area (Å²) in [5, 5.41) is 3.72. The number of hydrogen-bond acceptors (Lipinski definition) is 4. The summed E-state index contributed by atoms with van der Waals surface area (Å²) in [5.74, 6) is 0.789. The Morgan fingerprint density at radius 3 is 2.26 bits per heavy atom. The van der Waals surface area contributed by atoms with Crippen LogP contribution in [0.5, 0.6) is 5.75 Å². The Morgan fingerprint density at radius 1 is 0.914 bits per heavy atom. The normalized spacial score (nSPS) is 20.5. The van der Waals surface area contributed by atoms with Gasteiger partial charge in [0.15, 0.2) is 0 Å². The standard InChI is InChI=1S/C28H35N3O3S/c1-29-35(32,33)31-21-28(25-9-6-10-27(19-25)34-2)17-15-26(16-18-28)30-20-22-11-13-24(14-12-22)23-7-4-3-5-8-23/h3-14,19,26,29-31H,15-18,20-21H2,1-2H3/t26-,28-. The Bertz CT molecular complexity index is 1190. The first-order chi connectivity index (χ1) is 16.9. The van der Waals surface area contributed by atoms with E-state index in [4.69, 9.17) is 4.74 Å². The van der Waals surface area contributed by atoms with Gasteiger partial charge in [0.05, 0.1) is 7.11 Å². The average molecular weight is 494 g/mol. The van der Waals surface area contributed by atoms with E-state index in [1.807, 2.05) is 24.3 Å². The van der Waals surface area contributed by atoms with Gasteiger partial charge >= 0.3 is 0 Å². The SMILES string of the molecule is CNS(=O)(=O)NC[C@]1(c2cccc(OC)c2)CC[C@H](NCc2ccc(-c3ccccc3)cc2)CC1. The molecule has 0 spiro atoms. The molecule has 0 heterocycles. The van der Waals surface area contributed by atoms with Crippen LogP contribution in [0.4, 0.5) is 0 Å². The molecule has 0 atom stereocenters. The van der Waals surface area contributed by atoms with E-state index in [2.05, 4.69) is 69.4 Å². The van der Waals surface area contributed by atoms with E-state index in [-0.39, 0.29) is 5.41 Å². The van der Waals surface area contributed by atoms with Crippen LogP contribution in [0, 0.1) is 0 Å². The molecule has 6 nitrogen and oxygen atoms in total. The second-order valence-electron chi connectivity index (χ2n) is 9.26. The van der Waals surface area contributed by atoms with E-state index in [1.54, 1.807) is 7.11 Å². The summed E-state index contributed by atoms with van der Waals surface area (Å²) >= 11 is 0. The first kappa shape index (κ1) is 25.4. The minimum Gasteiger partial charge on any atom is -0.497 e. The maximum Gasteiger partial charge on any atom is 0.276 e. The van der Waals surface area contributed by atoms with Crippen molar-refractivity contribution in [1.29, 1.82) is 0 Å². The zero-order valence-corrected chi connectivity index (χ0v) is 21.3. The molecule has 0 aliphatic heterocycles. The number of hydrogen-bond donors (Lipinski definition) is 3. The lowest BCUT2D eigenvalue weighted by molar-refractivity contribution is 0.245. The predicted molar refractivity (Wildman–Crippen MR) is 142 cm³/mol. The molecule has 0 aromatic heterocycles. The Hall–Kier alpha value is -2.71. The summed E-state index contributed by atoms with van der Waals surface area (Å²) in [6, 6.07) is 27.5. The van der Waals surface area contributed by atoms with Crippen molar-refractivity contribution in [3.8, 4) is 16.9 Å². The van der Waals surface area contributed by atoms with Crippen molar-refractivity contribution >= 4 is 10.2 Å². The largest absolute Gasteiger partial charge is 0.497 e. The van der Waals surface area contributed by atoms with Gasteiger partial charge in [-0.15, -0.1) is 0 Å². The smallest absolute Gasteiger partial charge is 0.276 e. The van der Waals surface area contributed by atoms with Crippen molar-refractivity contribution in [2.45, 2.75) is 43.7 Å². The van der Waals surface area contributed by atoms with Gasteiger partial charge in [-0.2, -0.15) is 8.42 Å². The molecule has 7 heteroatoms. The van der Waals surface area contributed by atoms with E-state index in [0.29, 0.717) is 12.6 Å². The zero-order valence-electron chi connectivity index (χ0n) is 20.5. The van der Waals surface area contributed by atoms with Crippen molar-refractivity contribution in [2.24, 2.45) is 0 Å².